The highest BCUT2D eigenvalue weighted by Gasteiger charge is 2.38. The van der Waals surface area contributed by atoms with Gasteiger partial charge in [-0.25, -0.2) is 0 Å². The predicted octanol–water partition coefficient (Wildman–Crippen LogP) is 3.40. The molecule has 1 aromatic rings. The van der Waals surface area contributed by atoms with Crippen LogP contribution in [-0.4, -0.2) is 36.3 Å². The van der Waals surface area contributed by atoms with Gasteiger partial charge in [0.1, 0.15) is 0 Å². The summed E-state index contributed by atoms with van der Waals surface area (Å²) in [5.41, 5.74) is 7.72. The molecule has 3 unspecified atom stereocenters. The number of nitrogens with two attached hydrogens (primary N) is 1. The first-order chi connectivity index (χ1) is 9.83. The zero-order chi connectivity index (χ0) is 13.8. The van der Waals surface area contributed by atoms with Gasteiger partial charge < -0.3 is 10.6 Å². The van der Waals surface area contributed by atoms with Crippen molar-refractivity contribution >= 4 is 24.2 Å². The Hall–Kier alpha value is -0.220. The third kappa shape index (κ3) is 4.62. The summed E-state index contributed by atoms with van der Waals surface area (Å²) in [5.74, 6) is 4.05. The van der Waals surface area contributed by atoms with Crippen LogP contribution < -0.4 is 5.73 Å². The molecule has 1 saturated carbocycles. The van der Waals surface area contributed by atoms with Crippen LogP contribution in [0.1, 0.15) is 24.8 Å². The van der Waals surface area contributed by atoms with E-state index >= 15 is 0 Å². The van der Waals surface area contributed by atoms with E-state index in [1.54, 1.807) is 0 Å². The molecule has 4 heteroatoms. The van der Waals surface area contributed by atoms with Crippen molar-refractivity contribution in [2.75, 3.05) is 25.4 Å². The van der Waals surface area contributed by atoms with Gasteiger partial charge in [0.05, 0.1) is 0 Å². The Morgan fingerprint density at radius 1 is 1.14 bits per heavy atom. The van der Waals surface area contributed by atoms with Crippen molar-refractivity contribution in [2.24, 2.45) is 17.6 Å². The second kappa shape index (κ2) is 8.42. The maximum atomic E-state index is 6.28. The fraction of sp³-hybridized carbons (Fsp3) is 0.647. The average Bonchev–Trinajstić information content (AvgIpc) is 2.89. The fourth-order valence-electron chi connectivity index (χ4n) is 3.75. The summed E-state index contributed by atoms with van der Waals surface area (Å²) in [7, 11) is 0. The highest BCUT2D eigenvalue weighted by Crippen LogP contribution is 2.35. The van der Waals surface area contributed by atoms with E-state index < -0.39 is 0 Å². The first kappa shape index (κ1) is 17.1. The minimum absolute atomic E-state index is 0. The normalized spacial score (nSPS) is 28.9. The van der Waals surface area contributed by atoms with E-state index in [0.717, 1.165) is 17.6 Å². The van der Waals surface area contributed by atoms with Crippen molar-refractivity contribution in [1.82, 2.24) is 4.90 Å². The summed E-state index contributed by atoms with van der Waals surface area (Å²) in [6.07, 6.45) is 4.00. The molecule has 0 spiro atoms. The van der Waals surface area contributed by atoms with Crippen LogP contribution in [0.15, 0.2) is 30.3 Å². The van der Waals surface area contributed by atoms with Gasteiger partial charge in [0.25, 0.3) is 0 Å². The molecule has 118 valence electrons. The number of halogens is 1. The molecule has 2 nitrogen and oxygen atoms in total. The van der Waals surface area contributed by atoms with Crippen LogP contribution in [0.5, 0.6) is 0 Å². The van der Waals surface area contributed by atoms with E-state index in [9.17, 15) is 0 Å². The number of likely N-dealkylation sites (tertiary alicyclic amines) is 1. The third-order valence-corrected chi connectivity index (χ3v) is 5.90. The molecule has 1 heterocycles. The Labute approximate surface area is 139 Å². The topological polar surface area (TPSA) is 29.3 Å². The molecule has 1 saturated heterocycles. The number of fused-ring (bicyclic) bond motifs is 1. The van der Waals surface area contributed by atoms with Crippen molar-refractivity contribution in [3.63, 3.8) is 0 Å². The first-order valence-corrected chi connectivity index (χ1v) is 9.08. The molecule has 2 N–H and O–H groups in total. The second-order valence-electron chi connectivity index (χ2n) is 6.32. The lowest BCUT2D eigenvalue weighted by Gasteiger charge is -2.29. The minimum Gasteiger partial charge on any atom is -0.327 e. The van der Waals surface area contributed by atoms with Crippen LogP contribution >= 0.6 is 24.2 Å². The van der Waals surface area contributed by atoms with Crippen LogP contribution in [0.4, 0.5) is 0 Å². The summed E-state index contributed by atoms with van der Waals surface area (Å²) in [6.45, 7) is 3.78. The zero-order valence-electron chi connectivity index (χ0n) is 12.6. The van der Waals surface area contributed by atoms with E-state index in [0.29, 0.717) is 6.04 Å². The molecule has 0 bridgehead atoms. The lowest BCUT2D eigenvalue weighted by Crippen LogP contribution is -2.38. The summed E-state index contributed by atoms with van der Waals surface area (Å²) >= 11 is 2.05. The van der Waals surface area contributed by atoms with Gasteiger partial charge >= 0.3 is 0 Å². The third-order valence-electron chi connectivity index (χ3n) is 4.89. The fourth-order valence-corrected chi connectivity index (χ4v) is 4.71. The molecular weight excluding hydrogens is 300 g/mol. The van der Waals surface area contributed by atoms with Crippen LogP contribution in [0.25, 0.3) is 0 Å². The number of hydrogen-bond acceptors (Lipinski definition) is 3. The van der Waals surface area contributed by atoms with Crippen LogP contribution in [0.2, 0.25) is 0 Å². The van der Waals surface area contributed by atoms with Gasteiger partial charge in [-0.1, -0.05) is 36.8 Å². The Balaban J connectivity index is 0.00000161. The molecule has 1 aromatic carbocycles. The Kier molecular flexibility index (Phi) is 6.87. The van der Waals surface area contributed by atoms with E-state index in [1.165, 1.54) is 50.2 Å². The Morgan fingerprint density at radius 3 is 2.71 bits per heavy atom. The maximum absolute atomic E-state index is 6.28. The van der Waals surface area contributed by atoms with Crippen molar-refractivity contribution in [3.8, 4) is 0 Å². The molecule has 2 aliphatic rings. The van der Waals surface area contributed by atoms with Crippen LogP contribution in [0, 0.1) is 11.8 Å². The van der Waals surface area contributed by atoms with Crippen LogP contribution in [0.3, 0.4) is 0 Å². The smallest absolute Gasteiger partial charge is 0.0185 e. The minimum atomic E-state index is 0. The summed E-state index contributed by atoms with van der Waals surface area (Å²) in [5, 5.41) is 0. The molecule has 0 amide bonds. The highest BCUT2D eigenvalue weighted by atomic mass is 35.5. The zero-order valence-corrected chi connectivity index (χ0v) is 14.2. The van der Waals surface area contributed by atoms with Gasteiger partial charge in [-0.2, -0.15) is 11.8 Å². The summed E-state index contributed by atoms with van der Waals surface area (Å²) in [6, 6.07) is 11.2. The molecular formula is C17H27ClN2S. The van der Waals surface area contributed by atoms with E-state index in [1.807, 2.05) is 0 Å². The van der Waals surface area contributed by atoms with E-state index in [4.69, 9.17) is 5.73 Å². The lowest BCUT2D eigenvalue weighted by atomic mass is 9.78. The largest absolute Gasteiger partial charge is 0.327 e. The van der Waals surface area contributed by atoms with Crippen molar-refractivity contribution in [2.45, 2.75) is 31.1 Å². The number of benzene rings is 1. The van der Waals surface area contributed by atoms with Crippen LogP contribution in [-0.2, 0) is 5.75 Å². The number of rotatable bonds is 5. The molecule has 3 atom stereocenters. The average molecular weight is 327 g/mol. The molecule has 21 heavy (non-hydrogen) atoms. The number of nitrogens with zero attached hydrogens (tertiary/aromatic N) is 1. The molecule has 1 aliphatic carbocycles. The standard InChI is InChI=1S/C17H26N2S.ClH/c18-17-8-4-7-15-11-19(12-16(15)17)9-10-20-13-14-5-2-1-3-6-14;/h1-3,5-6,15-17H,4,7-13,18H2;1H. The van der Waals surface area contributed by atoms with Gasteiger partial charge in [0, 0.05) is 37.2 Å². The molecule has 0 radical (unpaired) electrons. The molecule has 0 aromatic heterocycles. The van der Waals surface area contributed by atoms with Crippen molar-refractivity contribution in [1.29, 1.82) is 0 Å². The van der Waals surface area contributed by atoms with Gasteiger partial charge in [-0.3, -0.25) is 0 Å². The van der Waals surface area contributed by atoms with E-state index in [2.05, 4.69) is 47.0 Å². The molecule has 2 fully saturated rings. The maximum Gasteiger partial charge on any atom is 0.0185 e. The SMILES string of the molecule is Cl.NC1CCCC2CN(CCSCc3ccccc3)CC12. The highest BCUT2D eigenvalue weighted by molar-refractivity contribution is 7.98. The van der Waals surface area contributed by atoms with Gasteiger partial charge in [-0.05, 0) is 30.2 Å². The first-order valence-electron chi connectivity index (χ1n) is 7.92. The lowest BCUT2D eigenvalue weighted by molar-refractivity contribution is 0.259. The molecule has 1 aliphatic heterocycles. The van der Waals surface area contributed by atoms with Crippen molar-refractivity contribution in [3.05, 3.63) is 35.9 Å². The van der Waals surface area contributed by atoms with Gasteiger partial charge in [0.15, 0.2) is 0 Å². The van der Waals surface area contributed by atoms with E-state index in [-0.39, 0.29) is 12.4 Å². The summed E-state index contributed by atoms with van der Waals surface area (Å²) < 4.78 is 0. The number of hydrogen-bond donors (Lipinski definition) is 1. The molecule has 3 rings (SSSR count). The Bertz CT molecular complexity index is 415. The second-order valence-corrected chi connectivity index (χ2v) is 7.42. The quantitative estimate of drug-likeness (QED) is 0.841. The van der Waals surface area contributed by atoms with Gasteiger partial charge in [-0.15, -0.1) is 12.4 Å². The number of thioether (sulfide) groups is 1. The summed E-state index contributed by atoms with van der Waals surface area (Å²) in [4.78, 5) is 2.65. The monoisotopic (exact) mass is 326 g/mol. The van der Waals surface area contributed by atoms with Crippen molar-refractivity contribution < 1.29 is 0 Å². The predicted molar refractivity (Wildman–Crippen MR) is 95.1 cm³/mol. The van der Waals surface area contributed by atoms with Gasteiger partial charge in [0.2, 0.25) is 0 Å². The Morgan fingerprint density at radius 2 is 1.95 bits per heavy atom.